The van der Waals surface area contributed by atoms with Crippen LogP contribution in [-0.4, -0.2) is 0 Å². The second-order valence-electron chi connectivity index (χ2n) is 4.41. The predicted octanol–water partition coefficient (Wildman–Crippen LogP) is 3.49. The van der Waals surface area contributed by atoms with E-state index in [1.807, 2.05) is 19.1 Å². The molecule has 1 N–H and O–H groups in total. The van der Waals surface area contributed by atoms with Gasteiger partial charge >= 0.3 is 0 Å². The minimum absolute atomic E-state index is 0.261. The molecule has 98 valence electrons. The number of nitrogens with one attached hydrogen (secondary N) is 1. The summed E-state index contributed by atoms with van der Waals surface area (Å²) >= 11 is 0. The van der Waals surface area contributed by atoms with E-state index in [0.717, 1.165) is 11.3 Å². The molecule has 0 heterocycles. The highest BCUT2D eigenvalue weighted by atomic mass is 19.1. The van der Waals surface area contributed by atoms with Crippen molar-refractivity contribution in [3.63, 3.8) is 0 Å². The lowest BCUT2D eigenvalue weighted by Crippen LogP contribution is -2.04. The summed E-state index contributed by atoms with van der Waals surface area (Å²) in [6, 6.07) is 13.6. The number of rotatable bonds is 3. The van der Waals surface area contributed by atoms with E-state index in [4.69, 9.17) is 10.5 Å². The van der Waals surface area contributed by atoms with Crippen molar-refractivity contribution in [3.8, 4) is 12.1 Å². The molecule has 0 aromatic heterocycles. The van der Waals surface area contributed by atoms with Crippen molar-refractivity contribution >= 4 is 5.69 Å². The number of hydrogen-bond acceptors (Lipinski definition) is 3. The molecule has 0 saturated carbocycles. The van der Waals surface area contributed by atoms with Crippen molar-refractivity contribution in [1.82, 2.24) is 0 Å². The van der Waals surface area contributed by atoms with Gasteiger partial charge in [-0.1, -0.05) is 6.07 Å². The fourth-order valence-corrected chi connectivity index (χ4v) is 1.85. The number of benzene rings is 2. The van der Waals surface area contributed by atoms with Gasteiger partial charge in [0.25, 0.3) is 0 Å². The normalized spacial score (nSPS) is 9.60. The van der Waals surface area contributed by atoms with Gasteiger partial charge in [-0.25, -0.2) is 4.39 Å². The van der Waals surface area contributed by atoms with Crippen LogP contribution in [0.5, 0.6) is 0 Å². The highest BCUT2D eigenvalue weighted by Crippen LogP contribution is 2.18. The Hall–Kier alpha value is -2.85. The number of nitriles is 2. The fraction of sp³-hybridized carbons (Fsp3) is 0.125. The minimum Gasteiger partial charge on any atom is -0.381 e. The van der Waals surface area contributed by atoms with E-state index in [1.165, 1.54) is 18.2 Å². The van der Waals surface area contributed by atoms with Crippen LogP contribution in [0.4, 0.5) is 10.1 Å². The summed E-state index contributed by atoms with van der Waals surface area (Å²) in [7, 11) is 0. The number of nitrogens with zero attached hydrogens (tertiary/aromatic N) is 2. The van der Waals surface area contributed by atoms with Crippen molar-refractivity contribution in [1.29, 1.82) is 10.5 Å². The molecule has 0 aliphatic rings. The Kier molecular flexibility index (Phi) is 3.98. The predicted molar refractivity (Wildman–Crippen MR) is 74.3 cm³/mol. The van der Waals surface area contributed by atoms with Crippen molar-refractivity contribution in [2.75, 3.05) is 5.32 Å². The van der Waals surface area contributed by atoms with Crippen LogP contribution in [0.1, 0.15) is 22.3 Å². The van der Waals surface area contributed by atoms with Gasteiger partial charge in [0.1, 0.15) is 5.82 Å². The van der Waals surface area contributed by atoms with E-state index in [2.05, 4.69) is 11.4 Å². The summed E-state index contributed by atoms with van der Waals surface area (Å²) in [5, 5.41) is 20.8. The monoisotopic (exact) mass is 265 g/mol. The summed E-state index contributed by atoms with van der Waals surface area (Å²) in [6.45, 7) is 2.17. The molecule has 0 aliphatic carbocycles. The van der Waals surface area contributed by atoms with Crippen molar-refractivity contribution < 1.29 is 4.39 Å². The van der Waals surface area contributed by atoms with Crippen LogP contribution < -0.4 is 5.32 Å². The maximum absolute atomic E-state index is 13.7. The van der Waals surface area contributed by atoms with Crippen LogP contribution in [0.3, 0.4) is 0 Å². The SMILES string of the molecule is Cc1ccc(C#N)cc1NCc1cc(C#N)ccc1F. The number of anilines is 1. The van der Waals surface area contributed by atoms with Gasteiger partial charge in [-0.3, -0.25) is 0 Å². The molecule has 0 amide bonds. The number of hydrogen-bond donors (Lipinski definition) is 1. The minimum atomic E-state index is -0.356. The standard InChI is InChI=1S/C16H12FN3/c1-11-2-3-13(9-19)7-16(11)20-10-14-6-12(8-18)4-5-15(14)17/h2-7,20H,10H2,1H3. The first-order valence-corrected chi connectivity index (χ1v) is 6.07. The van der Waals surface area contributed by atoms with Gasteiger partial charge in [-0.15, -0.1) is 0 Å². The Labute approximate surface area is 116 Å². The van der Waals surface area contributed by atoms with Crippen molar-refractivity contribution in [2.24, 2.45) is 0 Å². The molecule has 0 aliphatic heterocycles. The second-order valence-corrected chi connectivity index (χ2v) is 4.41. The summed E-state index contributed by atoms with van der Waals surface area (Å²) in [4.78, 5) is 0. The Bertz CT molecular complexity index is 660. The topological polar surface area (TPSA) is 59.6 Å². The highest BCUT2D eigenvalue weighted by Gasteiger charge is 2.05. The lowest BCUT2D eigenvalue weighted by molar-refractivity contribution is 0.612. The van der Waals surface area contributed by atoms with Crippen LogP contribution in [0.2, 0.25) is 0 Å². The lowest BCUT2D eigenvalue weighted by Gasteiger charge is -2.10. The molecular formula is C16H12FN3. The van der Waals surface area contributed by atoms with Crippen molar-refractivity contribution in [3.05, 3.63) is 64.5 Å². The molecule has 0 fully saturated rings. The van der Waals surface area contributed by atoms with Crippen LogP contribution in [-0.2, 0) is 6.54 Å². The largest absolute Gasteiger partial charge is 0.381 e. The maximum atomic E-state index is 13.7. The molecule has 2 aromatic rings. The molecule has 0 saturated heterocycles. The van der Waals surface area contributed by atoms with Crippen molar-refractivity contribution in [2.45, 2.75) is 13.5 Å². The second kappa shape index (κ2) is 5.86. The molecule has 2 aromatic carbocycles. The van der Waals surface area contributed by atoms with Gasteiger partial charge in [0, 0.05) is 17.8 Å². The maximum Gasteiger partial charge on any atom is 0.128 e. The molecule has 4 heteroatoms. The van der Waals surface area contributed by atoms with Gasteiger partial charge in [-0.2, -0.15) is 10.5 Å². The molecule has 0 unspecified atom stereocenters. The van der Waals surface area contributed by atoms with Gasteiger partial charge in [0.2, 0.25) is 0 Å². The Morgan fingerprint density at radius 2 is 1.70 bits per heavy atom. The van der Waals surface area contributed by atoms with Crippen LogP contribution >= 0.6 is 0 Å². The molecule has 2 rings (SSSR count). The first kappa shape index (κ1) is 13.6. The smallest absolute Gasteiger partial charge is 0.128 e. The van der Waals surface area contributed by atoms with Crippen LogP contribution in [0.25, 0.3) is 0 Å². The third-order valence-corrected chi connectivity index (χ3v) is 3.01. The molecular weight excluding hydrogens is 253 g/mol. The van der Waals surface area contributed by atoms with Gasteiger partial charge in [0.05, 0.1) is 23.3 Å². The lowest BCUT2D eigenvalue weighted by atomic mass is 10.1. The quantitative estimate of drug-likeness (QED) is 0.924. The first-order chi connectivity index (χ1) is 9.63. The highest BCUT2D eigenvalue weighted by molar-refractivity contribution is 5.55. The van der Waals surface area contributed by atoms with Crippen LogP contribution in [0.15, 0.2) is 36.4 Å². The third-order valence-electron chi connectivity index (χ3n) is 3.01. The molecule has 0 radical (unpaired) electrons. The number of halogens is 1. The van der Waals surface area contributed by atoms with E-state index < -0.39 is 0 Å². The Balaban J connectivity index is 2.21. The van der Waals surface area contributed by atoms with E-state index >= 15 is 0 Å². The zero-order valence-corrected chi connectivity index (χ0v) is 10.9. The average molecular weight is 265 g/mol. The number of aryl methyl sites for hydroxylation is 1. The Morgan fingerprint density at radius 1 is 1.05 bits per heavy atom. The van der Waals surface area contributed by atoms with Gasteiger partial charge in [0.15, 0.2) is 0 Å². The molecule has 0 atom stereocenters. The summed E-state index contributed by atoms with van der Waals surface area (Å²) in [6.07, 6.45) is 0. The zero-order valence-electron chi connectivity index (χ0n) is 10.9. The summed E-state index contributed by atoms with van der Waals surface area (Å²) < 4.78 is 13.7. The summed E-state index contributed by atoms with van der Waals surface area (Å²) in [5.41, 5.74) is 3.15. The fourth-order valence-electron chi connectivity index (χ4n) is 1.85. The van der Waals surface area contributed by atoms with E-state index in [1.54, 1.807) is 12.1 Å². The van der Waals surface area contributed by atoms with Gasteiger partial charge in [-0.05, 0) is 42.8 Å². The third kappa shape index (κ3) is 2.93. The Morgan fingerprint density at radius 3 is 2.40 bits per heavy atom. The molecule has 3 nitrogen and oxygen atoms in total. The average Bonchev–Trinajstić information content (AvgIpc) is 2.48. The molecule has 0 spiro atoms. The molecule has 0 bridgehead atoms. The van der Waals surface area contributed by atoms with E-state index in [9.17, 15) is 4.39 Å². The van der Waals surface area contributed by atoms with E-state index in [-0.39, 0.29) is 12.4 Å². The first-order valence-electron chi connectivity index (χ1n) is 6.07. The molecule has 20 heavy (non-hydrogen) atoms. The zero-order chi connectivity index (χ0) is 14.5. The van der Waals surface area contributed by atoms with Crippen LogP contribution in [0, 0.1) is 35.4 Å². The summed E-state index contributed by atoms with van der Waals surface area (Å²) in [5.74, 6) is -0.356. The van der Waals surface area contributed by atoms with E-state index in [0.29, 0.717) is 16.7 Å². The van der Waals surface area contributed by atoms with Gasteiger partial charge < -0.3 is 5.32 Å².